The second-order valence-electron chi connectivity index (χ2n) is 5.23. The molecule has 2 heteroatoms. The Labute approximate surface area is 101 Å². The van der Waals surface area contributed by atoms with Crippen molar-refractivity contribution in [2.75, 3.05) is 0 Å². The first-order valence-electron chi connectivity index (χ1n) is 5.79. The van der Waals surface area contributed by atoms with Gasteiger partial charge in [0.2, 0.25) is 0 Å². The molecule has 2 rings (SSSR count). The summed E-state index contributed by atoms with van der Waals surface area (Å²) in [5.41, 5.74) is 3.24. The predicted molar refractivity (Wildman–Crippen MR) is 69.0 cm³/mol. The fourth-order valence-electron chi connectivity index (χ4n) is 2.66. The lowest BCUT2D eigenvalue weighted by atomic mass is 9.70. The molecule has 0 aromatic carbocycles. The molecule has 0 saturated heterocycles. The quantitative estimate of drug-likeness (QED) is 0.691. The molecule has 0 atom stereocenters. The third-order valence-electron chi connectivity index (χ3n) is 3.47. The molecule has 0 fully saturated rings. The van der Waals surface area contributed by atoms with E-state index in [1.807, 2.05) is 16.8 Å². The van der Waals surface area contributed by atoms with Gasteiger partial charge < -0.3 is 0 Å². The zero-order chi connectivity index (χ0) is 11.8. The van der Waals surface area contributed by atoms with Gasteiger partial charge in [-0.3, -0.25) is 4.79 Å². The monoisotopic (exact) mass is 234 g/mol. The third kappa shape index (κ3) is 1.99. The summed E-state index contributed by atoms with van der Waals surface area (Å²) in [4.78, 5) is 12.4. The molecule has 16 heavy (non-hydrogen) atoms. The van der Waals surface area contributed by atoms with Crippen molar-refractivity contribution < 1.29 is 4.79 Å². The van der Waals surface area contributed by atoms with E-state index < -0.39 is 0 Å². The first-order chi connectivity index (χ1) is 7.52. The minimum absolute atomic E-state index is 0.0430. The van der Waals surface area contributed by atoms with E-state index in [0.29, 0.717) is 0 Å². The average Bonchev–Trinajstić information content (AvgIpc) is 2.68. The molecule has 0 amide bonds. The van der Waals surface area contributed by atoms with Crippen molar-refractivity contribution in [1.82, 2.24) is 0 Å². The molecule has 0 radical (unpaired) electrons. The van der Waals surface area contributed by atoms with Crippen LogP contribution in [0.25, 0.3) is 0 Å². The summed E-state index contributed by atoms with van der Waals surface area (Å²) in [6.07, 6.45) is 3.41. The minimum atomic E-state index is 0.0430. The average molecular weight is 234 g/mol. The van der Waals surface area contributed by atoms with E-state index in [2.05, 4.69) is 20.8 Å². The summed E-state index contributed by atoms with van der Waals surface area (Å²) in [6, 6.07) is 1.93. The van der Waals surface area contributed by atoms with Gasteiger partial charge in [0, 0.05) is 16.5 Å². The standard InChI is InChI=1S/C14H18OS/c1-10-5-4-7-14(2,3)12(10)13(15)11-6-8-16-9-11/h6,8-9H,4-5,7H2,1-3H3. The Kier molecular flexibility index (Phi) is 3.02. The fraction of sp³-hybridized carbons (Fsp3) is 0.500. The van der Waals surface area contributed by atoms with Crippen molar-refractivity contribution in [3.05, 3.63) is 33.5 Å². The van der Waals surface area contributed by atoms with Gasteiger partial charge in [-0.2, -0.15) is 11.3 Å². The summed E-state index contributed by atoms with van der Waals surface area (Å²) in [7, 11) is 0. The Bertz CT molecular complexity index is 424. The molecule has 0 N–H and O–H groups in total. The minimum Gasteiger partial charge on any atom is -0.289 e. The molecule has 1 aliphatic rings. The molecule has 86 valence electrons. The molecular formula is C14H18OS. The van der Waals surface area contributed by atoms with Crippen LogP contribution in [0.5, 0.6) is 0 Å². The van der Waals surface area contributed by atoms with E-state index in [4.69, 9.17) is 0 Å². The number of thiophene rings is 1. The lowest BCUT2D eigenvalue weighted by Crippen LogP contribution is -2.26. The van der Waals surface area contributed by atoms with Crippen molar-refractivity contribution in [1.29, 1.82) is 0 Å². The maximum Gasteiger partial charge on any atom is 0.190 e. The number of rotatable bonds is 2. The summed E-state index contributed by atoms with van der Waals surface area (Å²) < 4.78 is 0. The molecule has 1 aliphatic carbocycles. The van der Waals surface area contributed by atoms with E-state index in [1.54, 1.807) is 11.3 Å². The molecule has 0 bridgehead atoms. The van der Waals surface area contributed by atoms with Crippen LogP contribution in [-0.2, 0) is 0 Å². The lowest BCUT2D eigenvalue weighted by molar-refractivity contribution is 0.0998. The van der Waals surface area contributed by atoms with Crippen LogP contribution in [0.1, 0.15) is 50.4 Å². The number of hydrogen-bond acceptors (Lipinski definition) is 2. The van der Waals surface area contributed by atoms with Crippen LogP contribution in [0.3, 0.4) is 0 Å². The number of Topliss-reactive ketones (excluding diaryl/α,β-unsaturated/α-hetero) is 1. The Hall–Kier alpha value is -0.890. The number of hydrogen-bond donors (Lipinski definition) is 0. The van der Waals surface area contributed by atoms with Crippen LogP contribution >= 0.6 is 11.3 Å². The van der Waals surface area contributed by atoms with Gasteiger partial charge in [-0.1, -0.05) is 19.4 Å². The van der Waals surface area contributed by atoms with Gasteiger partial charge in [0.1, 0.15) is 0 Å². The summed E-state index contributed by atoms with van der Waals surface area (Å²) in [5.74, 6) is 0.239. The highest BCUT2D eigenvalue weighted by Gasteiger charge is 2.33. The molecule has 1 aromatic rings. The maximum absolute atomic E-state index is 12.4. The molecule has 0 saturated carbocycles. The third-order valence-corrected chi connectivity index (χ3v) is 4.15. The van der Waals surface area contributed by atoms with Crippen LogP contribution in [0.4, 0.5) is 0 Å². The van der Waals surface area contributed by atoms with Gasteiger partial charge in [0.05, 0.1) is 0 Å². The van der Waals surface area contributed by atoms with Crippen LogP contribution in [0.2, 0.25) is 0 Å². The Balaban J connectivity index is 2.42. The van der Waals surface area contributed by atoms with Gasteiger partial charge in [0.15, 0.2) is 5.78 Å². The van der Waals surface area contributed by atoms with Gasteiger partial charge >= 0.3 is 0 Å². The van der Waals surface area contributed by atoms with Gasteiger partial charge in [0.25, 0.3) is 0 Å². The predicted octanol–water partition coefficient (Wildman–Crippen LogP) is 4.46. The van der Waals surface area contributed by atoms with Gasteiger partial charge in [-0.05, 0) is 43.0 Å². The van der Waals surface area contributed by atoms with Crippen LogP contribution in [0, 0.1) is 5.41 Å². The first kappa shape index (κ1) is 11.6. The Morgan fingerprint density at radius 1 is 1.44 bits per heavy atom. The molecule has 1 heterocycles. The zero-order valence-electron chi connectivity index (χ0n) is 10.2. The normalized spacial score (nSPS) is 19.9. The number of ketones is 1. The Morgan fingerprint density at radius 2 is 2.19 bits per heavy atom. The van der Waals surface area contributed by atoms with Crippen molar-refractivity contribution in [3.8, 4) is 0 Å². The van der Waals surface area contributed by atoms with Crippen molar-refractivity contribution in [2.24, 2.45) is 5.41 Å². The smallest absolute Gasteiger partial charge is 0.190 e. The Morgan fingerprint density at radius 3 is 2.75 bits per heavy atom. The second kappa shape index (κ2) is 4.17. The van der Waals surface area contributed by atoms with E-state index in [9.17, 15) is 4.79 Å². The van der Waals surface area contributed by atoms with Crippen LogP contribution in [0.15, 0.2) is 28.0 Å². The zero-order valence-corrected chi connectivity index (χ0v) is 11.0. The van der Waals surface area contributed by atoms with Crippen molar-refractivity contribution in [3.63, 3.8) is 0 Å². The van der Waals surface area contributed by atoms with Crippen molar-refractivity contribution >= 4 is 17.1 Å². The number of carbonyl (C=O) groups is 1. The summed E-state index contributed by atoms with van der Waals surface area (Å²) in [5, 5.41) is 3.92. The lowest BCUT2D eigenvalue weighted by Gasteiger charge is -2.33. The molecule has 0 aliphatic heterocycles. The highest BCUT2D eigenvalue weighted by molar-refractivity contribution is 7.08. The topological polar surface area (TPSA) is 17.1 Å². The second-order valence-corrected chi connectivity index (χ2v) is 6.01. The van der Waals surface area contributed by atoms with E-state index in [-0.39, 0.29) is 11.2 Å². The summed E-state index contributed by atoms with van der Waals surface area (Å²) >= 11 is 1.59. The van der Waals surface area contributed by atoms with E-state index >= 15 is 0 Å². The number of carbonyl (C=O) groups excluding carboxylic acids is 1. The highest BCUT2D eigenvalue weighted by atomic mass is 32.1. The maximum atomic E-state index is 12.4. The van der Waals surface area contributed by atoms with Crippen LogP contribution < -0.4 is 0 Å². The van der Waals surface area contributed by atoms with Crippen molar-refractivity contribution in [2.45, 2.75) is 40.0 Å². The van der Waals surface area contributed by atoms with Gasteiger partial charge in [-0.25, -0.2) is 0 Å². The van der Waals surface area contributed by atoms with E-state index in [1.165, 1.54) is 12.0 Å². The first-order valence-corrected chi connectivity index (χ1v) is 6.74. The summed E-state index contributed by atoms with van der Waals surface area (Å²) in [6.45, 7) is 6.49. The largest absolute Gasteiger partial charge is 0.289 e. The molecule has 1 nitrogen and oxygen atoms in total. The van der Waals surface area contributed by atoms with E-state index in [0.717, 1.165) is 24.0 Å². The van der Waals surface area contributed by atoms with Gasteiger partial charge in [-0.15, -0.1) is 0 Å². The molecule has 1 aromatic heterocycles. The highest BCUT2D eigenvalue weighted by Crippen LogP contribution is 2.41. The number of allylic oxidation sites excluding steroid dienone is 2. The van der Waals surface area contributed by atoms with Crippen LogP contribution in [-0.4, -0.2) is 5.78 Å². The molecule has 0 spiro atoms. The molecular weight excluding hydrogens is 216 g/mol. The SMILES string of the molecule is CC1=C(C(=O)c2ccsc2)C(C)(C)CCC1. The molecule has 0 unspecified atom stereocenters. The fourth-order valence-corrected chi connectivity index (χ4v) is 3.30.